The third kappa shape index (κ3) is 15.6. The summed E-state index contributed by atoms with van der Waals surface area (Å²) in [7, 11) is 0. The number of halogens is 6. The Labute approximate surface area is 441 Å². The first-order valence-electron chi connectivity index (χ1n) is 18.2. The molecule has 0 saturated carbocycles. The summed E-state index contributed by atoms with van der Waals surface area (Å²) in [5.74, 6) is -5.39. The molecule has 0 saturated heterocycles. The standard InChI is InChI=1S/C35H44I6N6O16/c36-24-20(32(60)42-6-14(54)10-50)26(38)30(27(39)21(24)33(61)43-7-15(55)11-51)46(1-3-48)18(58)5-19(59)47(2-4-49)31-28(40)22(34(62)44-8-16(56)12-52)25(37)23(29(31)41)35(63)45-9-17(57)13-53/h14-17,48-57H,1-13H2,(H,42,60)(H,43,61)(H,44,62)(H,45,63). The number of carbonyl (C=O) groups is 6. The highest BCUT2D eigenvalue weighted by Gasteiger charge is 2.36. The minimum atomic E-state index is -1.36. The van der Waals surface area contributed by atoms with Crippen LogP contribution in [-0.4, -0.2) is 190 Å². The largest absolute Gasteiger partial charge is 0.395 e. The van der Waals surface area contributed by atoms with Crippen molar-refractivity contribution in [3.05, 3.63) is 43.7 Å². The van der Waals surface area contributed by atoms with E-state index in [4.69, 9.17) is 0 Å². The van der Waals surface area contributed by atoms with Crippen molar-refractivity contribution in [2.24, 2.45) is 0 Å². The van der Waals surface area contributed by atoms with Crippen LogP contribution in [0.1, 0.15) is 47.9 Å². The van der Waals surface area contributed by atoms with Crippen molar-refractivity contribution >= 4 is 182 Å². The van der Waals surface area contributed by atoms with E-state index >= 15 is 0 Å². The number of nitrogens with zero attached hydrogens (tertiary/aromatic N) is 2. The Hall–Kier alpha value is -0.760. The van der Waals surface area contributed by atoms with Crippen molar-refractivity contribution < 1.29 is 79.8 Å². The van der Waals surface area contributed by atoms with Gasteiger partial charge >= 0.3 is 0 Å². The van der Waals surface area contributed by atoms with Crippen LogP contribution in [0.2, 0.25) is 0 Å². The van der Waals surface area contributed by atoms with Gasteiger partial charge in [-0.3, -0.25) is 28.8 Å². The molecule has 63 heavy (non-hydrogen) atoms. The first kappa shape index (κ1) is 58.4. The molecule has 4 atom stereocenters. The van der Waals surface area contributed by atoms with E-state index in [0.29, 0.717) is 0 Å². The molecule has 2 aromatic rings. The van der Waals surface area contributed by atoms with Crippen LogP contribution in [0.25, 0.3) is 0 Å². The number of anilines is 2. The monoisotopic (exact) mass is 1570 g/mol. The smallest absolute Gasteiger partial charge is 0.253 e. The van der Waals surface area contributed by atoms with Gasteiger partial charge in [0.15, 0.2) is 0 Å². The Balaban J connectivity index is 2.88. The zero-order valence-corrected chi connectivity index (χ0v) is 45.5. The molecule has 0 aromatic heterocycles. The maximum atomic E-state index is 14.4. The number of hydrogen-bond donors (Lipinski definition) is 14. The normalized spacial score (nSPS) is 13.1. The molecule has 4 unspecified atom stereocenters. The van der Waals surface area contributed by atoms with Crippen LogP contribution in [0.3, 0.4) is 0 Å². The lowest BCUT2D eigenvalue weighted by Gasteiger charge is -2.30. The van der Waals surface area contributed by atoms with Crippen molar-refractivity contribution in [2.75, 3.05) is 88.7 Å². The number of aliphatic hydroxyl groups is 10. The Kier molecular flexibility index (Phi) is 26.4. The Bertz CT molecular complexity index is 1760. The van der Waals surface area contributed by atoms with Gasteiger partial charge in [-0.15, -0.1) is 0 Å². The van der Waals surface area contributed by atoms with Crippen LogP contribution in [0.5, 0.6) is 0 Å². The minimum absolute atomic E-state index is 0.0523. The molecule has 0 heterocycles. The third-order valence-electron chi connectivity index (χ3n) is 8.42. The van der Waals surface area contributed by atoms with Crippen LogP contribution in [-0.2, 0) is 9.59 Å². The van der Waals surface area contributed by atoms with E-state index in [1.807, 2.05) is 0 Å². The van der Waals surface area contributed by atoms with Gasteiger partial charge in [-0.2, -0.15) is 0 Å². The molecule has 0 spiro atoms. The lowest BCUT2D eigenvalue weighted by atomic mass is 10.1. The number of carbonyl (C=O) groups excluding carboxylic acids is 6. The number of benzene rings is 2. The molecule has 0 fully saturated rings. The molecule has 28 heteroatoms. The summed E-state index contributed by atoms with van der Waals surface area (Å²) in [6.45, 7) is -6.85. The van der Waals surface area contributed by atoms with Gasteiger partial charge in [0.1, 0.15) is 6.42 Å². The van der Waals surface area contributed by atoms with Gasteiger partial charge in [-0.05, 0) is 136 Å². The molecule has 0 aliphatic carbocycles. The Morgan fingerprint density at radius 1 is 0.413 bits per heavy atom. The van der Waals surface area contributed by atoms with Gasteiger partial charge in [-0.1, -0.05) is 0 Å². The first-order valence-corrected chi connectivity index (χ1v) is 24.7. The van der Waals surface area contributed by atoms with E-state index in [1.165, 1.54) is 0 Å². The second-order valence-electron chi connectivity index (χ2n) is 13.0. The Morgan fingerprint density at radius 2 is 0.635 bits per heavy atom. The van der Waals surface area contributed by atoms with Crippen LogP contribution in [0.4, 0.5) is 11.4 Å². The van der Waals surface area contributed by atoms with E-state index in [2.05, 4.69) is 21.3 Å². The average molecular weight is 1570 g/mol. The fourth-order valence-corrected chi connectivity index (χ4v) is 14.7. The maximum absolute atomic E-state index is 14.4. The zero-order chi connectivity index (χ0) is 47.9. The van der Waals surface area contributed by atoms with Crippen LogP contribution >= 0.6 is 136 Å². The van der Waals surface area contributed by atoms with Crippen molar-refractivity contribution in [2.45, 2.75) is 30.8 Å². The average Bonchev–Trinajstić information content (AvgIpc) is 3.24. The van der Waals surface area contributed by atoms with Crippen molar-refractivity contribution in [3.8, 4) is 0 Å². The molecule has 0 bridgehead atoms. The quantitative estimate of drug-likeness (QED) is 0.0378. The molecule has 2 rings (SSSR count). The van der Waals surface area contributed by atoms with Crippen molar-refractivity contribution in [1.29, 1.82) is 0 Å². The van der Waals surface area contributed by atoms with Gasteiger partial charge in [0.05, 0.1) is 112 Å². The predicted octanol–water partition coefficient (Wildman–Crippen LogP) is -2.61. The number of aliphatic hydroxyl groups excluding tert-OH is 10. The van der Waals surface area contributed by atoms with E-state index in [0.717, 1.165) is 9.80 Å². The number of rotatable bonds is 24. The SMILES string of the molecule is O=C(NCC(O)CO)c1c(I)c(C(=O)NCC(O)CO)c(I)c(N(CCO)C(=O)CC(=O)N(CCO)c2c(I)c(C(=O)NCC(O)CO)c(I)c(C(=O)NCC(O)CO)c2I)c1I. The van der Waals surface area contributed by atoms with E-state index in [-0.39, 0.29) is 55.0 Å². The zero-order valence-electron chi connectivity index (χ0n) is 32.6. The van der Waals surface area contributed by atoms with E-state index < -0.39 is 145 Å². The van der Waals surface area contributed by atoms with Gasteiger partial charge in [-0.25, -0.2) is 0 Å². The van der Waals surface area contributed by atoms with Crippen LogP contribution < -0.4 is 31.1 Å². The van der Waals surface area contributed by atoms with Crippen molar-refractivity contribution in [3.63, 3.8) is 0 Å². The number of hydrogen-bond acceptors (Lipinski definition) is 16. The lowest BCUT2D eigenvalue weighted by Crippen LogP contribution is -2.43. The highest BCUT2D eigenvalue weighted by Crippen LogP contribution is 2.40. The molecule has 0 aliphatic heterocycles. The maximum Gasteiger partial charge on any atom is 0.253 e. The fraction of sp³-hybridized carbons (Fsp3) is 0.486. The summed E-state index contributed by atoms with van der Waals surface area (Å²) < 4.78 is 0.317. The highest BCUT2D eigenvalue weighted by molar-refractivity contribution is 14.1. The molecule has 14 N–H and O–H groups in total. The van der Waals surface area contributed by atoms with Gasteiger partial charge in [0.25, 0.3) is 23.6 Å². The van der Waals surface area contributed by atoms with Crippen LogP contribution in [0, 0.1) is 21.4 Å². The summed E-state index contributed by atoms with van der Waals surface area (Å²) in [6.07, 6.45) is -6.44. The summed E-state index contributed by atoms with van der Waals surface area (Å²) in [4.78, 5) is 85.4. The topological polar surface area (TPSA) is 359 Å². The first-order chi connectivity index (χ1) is 29.7. The second-order valence-corrected chi connectivity index (χ2v) is 19.5. The molecule has 2 aromatic carbocycles. The van der Waals surface area contributed by atoms with Gasteiger partial charge in [0.2, 0.25) is 11.8 Å². The summed E-state index contributed by atoms with van der Waals surface area (Å²) >= 11 is 10.4. The van der Waals surface area contributed by atoms with E-state index in [1.54, 1.807) is 136 Å². The minimum Gasteiger partial charge on any atom is -0.395 e. The molecule has 0 radical (unpaired) electrons. The predicted molar refractivity (Wildman–Crippen MR) is 274 cm³/mol. The second kappa shape index (κ2) is 28.5. The summed E-state index contributed by atoms with van der Waals surface area (Å²) in [5, 5.41) is 107. The lowest BCUT2D eigenvalue weighted by molar-refractivity contribution is -0.126. The summed E-state index contributed by atoms with van der Waals surface area (Å²) in [5.41, 5.74) is -0.913. The van der Waals surface area contributed by atoms with Gasteiger partial charge < -0.3 is 82.1 Å². The molecular weight excluding hydrogens is 1520 g/mol. The molecular formula is C35H44I6N6O16. The third-order valence-corrected chi connectivity index (χ3v) is 14.8. The van der Waals surface area contributed by atoms with Gasteiger partial charge in [0, 0.05) is 46.4 Å². The fourth-order valence-electron chi connectivity index (χ4n) is 5.27. The highest BCUT2D eigenvalue weighted by atomic mass is 127. The number of nitrogens with one attached hydrogen (secondary N) is 4. The van der Waals surface area contributed by atoms with Crippen molar-refractivity contribution in [1.82, 2.24) is 21.3 Å². The molecule has 0 aliphatic rings. The molecule has 352 valence electrons. The number of amides is 6. The van der Waals surface area contributed by atoms with Crippen LogP contribution in [0.15, 0.2) is 0 Å². The molecule has 22 nitrogen and oxygen atoms in total. The molecule has 6 amide bonds. The Morgan fingerprint density at radius 3 is 0.825 bits per heavy atom. The van der Waals surface area contributed by atoms with E-state index in [9.17, 15) is 79.8 Å². The summed E-state index contributed by atoms with van der Waals surface area (Å²) in [6, 6.07) is 0.